The van der Waals surface area contributed by atoms with Crippen LogP contribution in [0.25, 0.3) is 0 Å². The molecule has 1 N–H and O–H groups in total. The van der Waals surface area contributed by atoms with Gasteiger partial charge in [0.2, 0.25) is 0 Å². The molecule has 2 amide bonds. The van der Waals surface area contributed by atoms with Crippen molar-refractivity contribution >= 4 is 49.1 Å². The minimum Gasteiger partial charge on any atom is -0.494 e. The lowest BCUT2D eigenvalue weighted by Crippen LogP contribution is -2.29. The summed E-state index contributed by atoms with van der Waals surface area (Å²) in [6, 6.07) is 17.2. The summed E-state index contributed by atoms with van der Waals surface area (Å²) in [7, 11) is -4.13. The van der Waals surface area contributed by atoms with Crippen molar-refractivity contribution in [2.24, 2.45) is 0 Å². The molecule has 1 heterocycles. The molecule has 0 spiro atoms. The van der Waals surface area contributed by atoms with Crippen molar-refractivity contribution in [3.8, 4) is 5.75 Å². The Morgan fingerprint density at radius 2 is 1.71 bits per heavy atom. The maximum atomic E-state index is 13.1. The number of benzene rings is 3. The zero-order valence-electron chi connectivity index (χ0n) is 16.3. The normalized spacial score (nSPS) is 14.3. The van der Waals surface area contributed by atoms with Crippen molar-refractivity contribution in [2.75, 3.05) is 16.2 Å². The number of hydrogen-bond donors (Lipinski definition) is 1. The second-order valence-electron chi connectivity index (χ2n) is 6.67. The minimum atomic E-state index is -4.13. The highest BCUT2D eigenvalue weighted by atomic mass is 79.9. The Labute approximate surface area is 187 Å². The van der Waals surface area contributed by atoms with Gasteiger partial charge in [0.25, 0.3) is 21.8 Å². The number of hydrogen-bond acceptors (Lipinski definition) is 5. The molecule has 0 unspecified atom stereocenters. The number of fused-ring (bicyclic) bond motifs is 1. The van der Waals surface area contributed by atoms with Gasteiger partial charge in [-0.3, -0.25) is 9.59 Å². The SMILES string of the molecule is CCOc1ccc(NC(=O)c2ccc3c(c2)S(=O)(=O)N(c2ccc(Br)cc2)C3=O)cc1. The zero-order chi connectivity index (χ0) is 22.2. The van der Waals surface area contributed by atoms with E-state index in [2.05, 4.69) is 21.2 Å². The van der Waals surface area contributed by atoms with Crippen molar-refractivity contribution in [3.63, 3.8) is 0 Å². The fourth-order valence-corrected chi connectivity index (χ4v) is 5.09. The topological polar surface area (TPSA) is 92.8 Å². The summed E-state index contributed by atoms with van der Waals surface area (Å²) in [5, 5.41) is 2.71. The Balaban J connectivity index is 1.62. The van der Waals surface area contributed by atoms with E-state index in [1.165, 1.54) is 30.3 Å². The smallest absolute Gasteiger partial charge is 0.273 e. The molecule has 0 fully saturated rings. The summed E-state index contributed by atoms with van der Waals surface area (Å²) in [4.78, 5) is 25.2. The van der Waals surface area contributed by atoms with Crippen LogP contribution < -0.4 is 14.4 Å². The molecule has 4 rings (SSSR count). The third-order valence-corrected chi connectivity index (χ3v) is 6.94. The van der Waals surface area contributed by atoms with Gasteiger partial charge in [-0.25, -0.2) is 8.42 Å². The van der Waals surface area contributed by atoms with Crippen LogP contribution in [0.1, 0.15) is 27.6 Å². The number of amides is 2. The van der Waals surface area contributed by atoms with Gasteiger partial charge >= 0.3 is 0 Å². The lowest BCUT2D eigenvalue weighted by atomic mass is 10.1. The Morgan fingerprint density at radius 1 is 1.03 bits per heavy atom. The highest BCUT2D eigenvalue weighted by Crippen LogP contribution is 2.35. The van der Waals surface area contributed by atoms with Gasteiger partial charge in [-0.2, -0.15) is 4.31 Å². The lowest BCUT2D eigenvalue weighted by molar-refractivity contribution is 0.100. The molecule has 0 radical (unpaired) electrons. The molecule has 0 aromatic heterocycles. The van der Waals surface area contributed by atoms with Gasteiger partial charge in [0.1, 0.15) is 10.6 Å². The van der Waals surface area contributed by atoms with Gasteiger partial charge in [-0.15, -0.1) is 0 Å². The molecule has 0 saturated heterocycles. The minimum absolute atomic E-state index is 0.0283. The molecule has 0 aliphatic carbocycles. The molecule has 7 nitrogen and oxygen atoms in total. The zero-order valence-corrected chi connectivity index (χ0v) is 18.7. The Bertz CT molecular complexity index is 1270. The number of anilines is 2. The monoisotopic (exact) mass is 500 g/mol. The van der Waals surface area contributed by atoms with Crippen LogP contribution in [0.2, 0.25) is 0 Å². The molecule has 9 heteroatoms. The molecule has 31 heavy (non-hydrogen) atoms. The predicted octanol–water partition coefficient (Wildman–Crippen LogP) is 4.45. The van der Waals surface area contributed by atoms with Crippen LogP contribution >= 0.6 is 15.9 Å². The first-order valence-corrected chi connectivity index (χ1v) is 11.6. The third-order valence-electron chi connectivity index (χ3n) is 4.66. The maximum Gasteiger partial charge on any atom is 0.273 e. The average molecular weight is 501 g/mol. The number of rotatable bonds is 5. The highest BCUT2D eigenvalue weighted by molar-refractivity contribution is 9.10. The van der Waals surface area contributed by atoms with E-state index in [4.69, 9.17) is 4.74 Å². The van der Waals surface area contributed by atoms with Gasteiger partial charge in [-0.1, -0.05) is 15.9 Å². The fourth-order valence-electron chi connectivity index (χ4n) is 3.21. The summed E-state index contributed by atoms with van der Waals surface area (Å²) < 4.78 is 33.0. The molecule has 1 aliphatic rings. The fraction of sp³-hybridized carbons (Fsp3) is 0.0909. The number of nitrogens with one attached hydrogen (secondary N) is 1. The van der Waals surface area contributed by atoms with Crippen molar-refractivity contribution in [1.29, 1.82) is 0 Å². The van der Waals surface area contributed by atoms with Gasteiger partial charge in [0, 0.05) is 15.7 Å². The first-order chi connectivity index (χ1) is 14.8. The largest absolute Gasteiger partial charge is 0.494 e. The number of carbonyl (C=O) groups excluding carboxylic acids is 2. The van der Waals surface area contributed by atoms with Crippen molar-refractivity contribution in [2.45, 2.75) is 11.8 Å². The Kier molecular flexibility index (Phi) is 5.55. The highest BCUT2D eigenvalue weighted by Gasteiger charge is 2.42. The average Bonchev–Trinajstić information content (AvgIpc) is 2.95. The van der Waals surface area contributed by atoms with E-state index >= 15 is 0 Å². The summed E-state index contributed by atoms with van der Waals surface area (Å²) in [5.41, 5.74) is 0.913. The lowest BCUT2D eigenvalue weighted by Gasteiger charge is -2.15. The number of ether oxygens (including phenoxy) is 1. The number of halogens is 1. The predicted molar refractivity (Wildman–Crippen MR) is 120 cm³/mol. The summed E-state index contributed by atoms with van der Waals surface area (Å²) in [6.07, 6.45) is 0. The molecule has 158 valence electrons. The van der Waals surface area contributed by atoms with Gasteiger partial charge in [-0.05, 0) is 73.7 Å². The van der Waals surface area contributed by atoms with Crippen LogP contribution in [0.3, 0.4) is 0 Å². The van der Waals surface area contributed by atoms with Gasteiger partial charge in [0.05, 0.1) is 17.9 Å². The first kappa shape index (κ1) is 21.1. The van der Waals surface area contributed by atoms with Crippen LogP contribution in [-0.4, -0.2) is 26.8 Å². The van der Waals surface area contributed by atoms with Gasteiger partial charge in [0.15, 0.2) is 0 Å². The molecule has 3 aromatic carbocycles. The van der Waals surface area contributed by atoms with Crippen LogP contribution in [0, 0.1) is 0 Å². The van der Waals surface area contributed by atoms with Crippen LogP contribution in [0.5, 0.6) is 5.75 Å². The van der Waals surface area contributed by atoms with E-state index in [1.54, 1.807) is 36.4 Å². The first-order valence-electron chi connectivity index (χ1n) is 9.35. The van der Waals surface area contributed by atoms with Crippen LogP contribution in [0.4, 0.5) is 11.4 Å². The van der Waals surface area contributed by atoms with Crippen molar-refractivity contribution < 1.29 is 22.7 Å². The van der Waals surface area contributed by atoms with Gasteiger partial charge < -0.3 is 10.1 Å². The van der Waals surface area contributed by atoms with Crippen LogP contribution in [-0.2, 0) is 10.0 Å². The molecule has 0 atom stereocenters. The second kappa shape index (κ2) is 8.16. The quantitative estimate of drug-likeness (QED) is 0.558. The second-order valence-corrected chi connectivity index (χ2v) is 9.34. The number of sulfonamides is 1. The van der Waals surface area contributed by atoms with E-state index in [1.807, 2.05) is 6.92 Å². The van der Waals surface area contributed by atoms with E-state index in [-0.39, 0.29) is 21.7 Å². The van der Waals surface area contributed by atoms with Crippen molar-refractivity contribution in [3.05, 3.63) is 82.3 Å². The Morgan fingerprint density at radius 3 is 2.35 bits per heavy atom. The van der Waals surface area contributed by atoms with E-state index < -0.39 is 21.8 Å². The van der Waals surface area contributed by atoms with Crippen LogP contribution in [0.15, 0.2) is 76.1 Å². The number of carbonyl (C=O) groups is 2. The molecule has 1 aliphatic heterocycles. The Hall–Kier alpha value is -3.17. The van der Waals surface area contributed by atoms with E-state index in [0.717, 1.165) is 8.78 Å². The molecule has 0 bridgehead atoms. The summed E-state index contributed by atoms with van der Waals surface area (Å²) in [5.74, 6) is -0.469. The summed E-state index contributed by atoms with van der Waals surface area (Å²) >= 11 is 3.29. The molecular formula is C22H17BrN2O5S. The number of nitrogens with zero attached hydrogens (tertiary/aromatic N) is 1. The van der Waals surface area contributed by atoms with E-state index in [9.17, 15) is 18.0 Å². The molecule has 0 saturated carbocycles. The standard InChI is InChI=1S/C22H17BrN2O5S/c1-2-30-18-10-6-16(7-11-18)24-21(26)14-3-12-19-20(13-14)31(28,29)25(22(19)27)17-8-4-15(23)5-9-17/h3-13H,2H2,1H3,(H,24,26). The van der Waals surface area contributed by atoms with E-state index in [0.29, 0.717) is 18.0 Å². The van der Waals surface area contributed by atoms with Crippen molar-refractivity contribution in [1.82, 2.24) is 0 Å². The summed E-state index contributed by atoms with van der Waals surface area (Å²) in [6.45, 7) is 2.41. The molecule has 3 aromatic rings. The maximum absolute atomic E-state index is 13.1. The molecular weight excluding hydrogens is 484 g/mol. The third kappa shape index (κ3) is 3.94.